The monoisotopic (exact) mass is 280 g/mol. The van der Waals surface area contributed by atoms with Crippen LogP contribution >= 0.6 is 0 Å². The van der Waals surface area contributed by atoms with E-state index in [0.29, 0.717) is 0 Å². The van der Waals surface area contributed by atoms with E-state index < -0.39 is 0 Å². The van der Waals surface area contributed by atoms with Gasteiger partial charge in [0.1, 0.15) is 0 Å². The lowest BCUT2D eigenvalue weighted by atomic mass is 10.1. The third kappa shape index (κ3) is 5.90. The second-order valence-electron chi connectivity index (χ2n) is 5.36. The molecule has 0 saturated heterocycles. The smallest absolute Gasteiger partial charge is 0.0587 e. The van der Waals surface area contributed by atoms with Gasteiger partial charge >= 0.3 is 0 Å². The zero-order valence-electron chi connectivity index (χ0n) is 13.1. The highest BCUT2D eigenvalue weighted by atomic mass is 16.5. The Balaban J connectivity index is 2.68. The number of aliphatic hydroxyl groups excluding tert-OH is 1. The molecule has 114 valence electrons. The molecule has 0 heterocycles. The summed E-state index contributed by atoms with van der Waals surface area (Å²) in [5.41, 5.74) is 3.77. The fourth-order valence-corrected chi connectivity index (χ4v) is 2.13. The number of aryl methyl sites for hydroxylation is 1. The highest BCUT2D eigenvalue weighted by Crippen LogP contribution is 2.21. The fraction of sp³-hybridized carbons (Fsp3) is 0.625. The average molecular weight is 280 g/mol. The largest absolute Gasteiger partial charge is 0.393 e. The third-order valence-electron chi connectivity index (χ3n) is 3.33. The molecule has 0 fully saturated rings. The van der Waals surface area contributed by atoms with Crippen molar-refractivity contribution in [3.8, 4) is 0 Å². The van der Waals surface area contributed by atoms with E-state index in [1.165, 1.54) is 16.8 Å². The topological polar surface area (TPSA) is 44.7 Å². The second kappa shape index (κ2) is 8.95. The first-order valence-electron chi connectivity index (χ1n) is 7.23. The molecule has 4 heteroatoms. The van der Waals surface area contributed by atoms with E-state index in [9.17, 15) is 5.11 Å². The standard InChI is InChI=1S/C16H28N2O2/c1-13-5-6-16(18(3)9-7-14(2)19)15(11-13)12-17-8-10-20-4/h5-6,11,14,17,19H,7-10,12H2,1-4H3. The van der Waals surface area contributed by atoms with Crippen LogP contribution in [0.4, 0.5) is 5.69 Å². The van der Waals surface area contributed by atoms with Crippen molar-refractivity contribution in [2.24, 2.45) is 0 Å². The summed E-state index contributed by atoms with van der Waals surface area (Å²) >= 11 is 0. The summed E-state index contributed by atoms with van der Waals surface area (Å²) in [6.07, 6.45) is 0.521. The lowest BCUT2D eigenvalue weighted by molar-refractivity contribution is 0.187. The summed E-state index contributed by atoms with van der Waals surface area (Å²) in [6, 6.07) is 6.51. The van der Waals surface area contributed by atoms with Gasteiger partial charge in [-0.2, -0.15) is 0 Å². The molecule has 0 aliphatic heterocycles. The maximum absolute atomic E-state index is 9.41. The molecule has 0 aliphatic rings. The maximum Gasteiger partial charge on any atom is 0.0587 e. The van der Waals surface area contributed by atoms with Crippen molar-refractivity contribution in [1.29, 1.82) is 0 Å². The molecule has 1 unspecified atom stereocenters. The molecule has 1 atom stereocenters. The van der Waals surface area contributed by atoms with E-state index in [2.05, 4.69) is 42.4 Å². The highest BCUT2D eigenvalue weighted by Gasteiger charge is 2.08. The molecule has 1 aromatic carbocycles. The Morgan fingerprint density at radius 1 is 1.40 bits per heavy atom. The molecule has 0 aromatic heterocycles. The molecule has 0 radical (unpaired) electrons. The number of nitrogens with one attached hydrogen (secondary N) is 1. The average Bonchev–Trinajstić information content (AvgIpc) is 2.41. The van der Waals surface area contributed by atoms with Gasteiger partial charge in [-0.3, -0.25) is 0 Å². The van der Waals surface area contributed by atoms with Crippen molar-refractivity contribution in [2.75, 3.05) is 38.8 Å². The molecule has 0 spiro atoms. The number of hydrogen-bond donors (Lipinski definition) is 2. The number of aliphatic hydroxyl groups is 1. The quantitative estimate of drug-likeness (QED) is 0.679. The van der Waals surface area contributed by atoms with Crippen LogP contribution in [0.15, 0.2) is 18.2 Å². The maximum atomic E-state index is 9.41. The Morgan fingerprint density at radius 3 is 2.80 bits per heavy atom. The highest BCUT2D eigenvalue weighted by molar-refractivity contribution is 5.54. The Bertz CT molecular complexity index is 394. The van der Waals surface area contributed by atoms with Gasteiger partial charge in [0.15, 0.2) is 0 Å². The van der Waals surface area contributed by atoms with Gasteiger partial charge in [-0.1, -0.05) is 17.7 Å². The molecule has 0 aliphatic carbocycles. The predicted molar refractivity (Wildman–Crippen MR) is 84.3 cm³/mol. The summed E-state index contributed by atoms with van der Waals surface area (Å²) in [5.74, 6) is 0. The van der Waals surface area contributed by atoms with Crippen LogP contribution in [-0.4, -0.2) is 45.1 Å². The zero-order valence-corrected chi connectivity index (χ0v) is 13.1. The van der Waals surface area contributed by atoms with E-state index in [1.54, 1.807) is 7.11 Å². The molecular weight excluding hydrogens is 252 g/mol. The Labute approximate surface area is 122 Å². The number of rotatable bonds is 9. The molecule has 0 amide bonds. The second-order valence-corrected chi connectivity index (χ2v) is 5.36. The summed E-state index contributed by atoms with van der Waals surface area (Å²) in [5, 5.41) is 12.8. The normalized spacial score (nSPS) is 12.4. The molecule has 2 N–H and O–H groups in total. The van der Waals surface area contributed by atoms with Gasteiger partial charge in [0.25, 0.3) is 0 Å². The molecule has 0 bridgehead atoms. The van der Waals surface area contributed by atoms with Crippen molar-refractivity contribution in [3.63, 3.8) is 0 Å². The van der Waals surface area contributed by atoms with Crippen molar-refractivity contribution >= 4 is 5.69 Å². The van der Waals surface area contributed by atoms with Crippen LogP contribution in [0.3, 0.4) is 0 Å². The minimum absolute atomic E-state index is 0.258. The lowest BCUT2D eigenvalue weighted by Gasteiger charge is -2.24. The first-order valence-corrected chi connectivity index (χ1v) is 7.23. The number of nitrogens with zero attached hydrogens (tertiary/aromatic N) is 1. The van der Waals surface area contributed by atoms with Crippen LogP contribution in [0.2, 0.25) is 0 Å². The van der Waals surface area contributed by atoms with Gasteiger partial charge in [-0.25, -0.2) is 0 Å². The Kier molecular flexibility index (Phi) is 7.59. The Morgan fingerprint density at radius 2 is 2.15 bits per heavy atom. The van der Waals surface area contributed by atoms with Gasteiger partial charge in [-0.05, 0) is 31.9 Å². The summed E-state index contributed by atoms with van der Waals surface area (Å²) in [6.45, 7) is 7.19. The van der Waals surface area contributed by atoms with Gasteiger partial charge < -0.3 is 20.1 Å². The first kappa shape index (κ1) is 17.0. The van der Waals surface area contributed by atoms with Gasteiger partial charge in [0, 0.05) is 39.5 Å². The molecule has 1 aromatic rings. The number of ether oxygens (including phenoxy) is 1. The van der Waals surface area contributed by atoms with Crippen LogP contribution in [0.25, 0.3) is 0 Å². The fourth-order valence-electron chi connectivity index (χ4n) is 2.13. The van der Waals surface area contributed by atoms with Crippen molar-refractivity contribution < 1.29 is 9.84 Å². The number of methoxy groups -OCH3 is 1. The number of anilines is 1. The van der Waals surface area contributed by atoms with Crippen LogP contribution in [0, 0.1) is 6.92 Å². The van der Waals surface area contributed by atoms with Crippen LogP contribution in [-0.2, 0) is 11.3 Å². The summed E-state index contributed by atoms with van der Waals surface area (Å²) in [4.78, 5) is 2.21. The Hall–Kier alpha value is -1.10. The van der Waals surface area contributed by atoms with Crippen molar-refractivity contribution in [2.45, 2.75) is 32.9 Å². The summed E-state index contributed by atoms with van der Waals surface area (Å²) in [7, 11) is 3.79. The molecule has 4 nitrogen and oxygen atoms in total. The van der Waals surface area contributed by atoms with E-state index in [0.717, 1.165) is 32.7 Å². The first-order chi connectivity index (χ1) is 9.54. The minimum Gasteiger partial charge on any atom is -0.393 e. The van der Waals surface area contributed by atoms with Gasteiger partial charge in [-0.15, -0.1) is 0 Å². The van der Waals surface area contributed by atoms with E-state index in [-0.39, 0.29) is 6.10 Å². The van der Waals surface area contributed by atoms with E-state index in [4.69, 9.17) is 4.74 Å². The van der Waals surface area contributed by atoms with Crippen molar-refractivity contribution in [3.05, 3.63) is 29.3 Å². The minimum atomic E-state index is -0.258. The summed E-state index contributed by atoms with van der Waals surface area (Å²) < 4.78 is 5.05. The van der Waals surface area contributed by atoms with E-state index >= 15 is 0 Å². The van der Waals surface area contributed by atoms with E-state index in [1.807, 2.05) is 6.92 Å². The van der Waals surface area contributed by atoms with Crippen LogP contribution < -0.4 is 10.2 Å². The molecule has 0 saturated carbocycles. The molecule has 1 rings (SSSR count). The van der Waals surface area contributed by atoms with Crippen molar-refractivity contribution in [1.82, 2.24) is 5.32 Å². The zero-order chi connectivity index (χ0) is 15.0. The predicted octanol–water partition coefficient (Wildman–Crippen LogP) is 1.94. The van der Waals surface area contributed by atoms with Crippen LogP contribution in [0.5, 0.6) is 0 Å². The third-order valence-corrected chi connectivity index (χ3v) is 3.33. The number of hydrogen-bond acceptors (Lipinski definition) is 4. The lowest BCUT2D eigenvalue weighted by Crippen LogP contribution is -2.25. The van der Waals surface area contributed by atoms with Gasteiger partial charge in [0.05, 0.1) is 12.7 Å². The molecular formula is C16H28N2O2. The SMILES string of the molecule is COCCNCc1cc(C)ccc1N(C)CCC(C)O. The molecule has 20 heavy (non-hydrogen) atoms. The van der Waals surface area contributed by atoms with Crippen LogP contribution in [0.1, 0.15) is 24.5 Å². The van der Waals surface area contributed by atoms with Gasteiger partial charge in [0.2, 0.25) is 0 Å². The number of benzene rings is 1.